The number of benzene rings is 3. The van der Waals surface area contributed by atoms with E-state index in [9.17, 15) is 19.5 Å². The van der Waals surface area contributed by atoms with Gasteiger partial charge in [-0.2, -0.15) is 0 Å². The minimum atomic E-state index is -1.01. The fourth-order valence-electron chi connectivity index (χ4n) is 3.57. The summed E-state index contributed by atoms with van der Waals surface area (Å²) in [5.41, 5.74) is 4.51. The first kappa shape index (κ1) is 23.1. The smallest absolute Gasteiger partial charge is 0.336 e. The van der Waals surface area contributed by atoms with E-state index >= 15 is 0 Å². The molecule has 34 heavy (non-hydrogen) atoms. The average molecular weight is 472 g/mol. The molecule has 0 aliphatic carbocycles. The van der Waals surface area contributed by atoms with Gasteiger partial charge in [-0.25, -0.2) is 4.79 Å². The highest BCUT2D eigenvalue weighted by atomic mass is 32.2. The van der Waals surface area contributed by atoms with Crippen molar-refractivity contribution >= 4 is 46.6 Å². The van der Waals surface area contributed by atoms with Crippen LogP contribution in [0.1, 0.15) is 27.8 Å². The molecule has 0 spiro atoms. The second-order valence-corrected chi connectivity index (χ2v) is 8.85. The summed E-state index contributed by atoms with van der Waals surface area (Å²) in [6, 6.07) is 19.9. The number of thioether (sulfide) groups is 1. The molecule has 0 atom stereocenters. The number of ether oxygens (including phenoxy) is 1. The van der Waals surface area contributed by atoms with Crippen LogP contribution in [0, 0.1) is 13.8 Å². The van der Waals surface area contributed by atoms with Crippen molar-refractivity contribution < 1.29 is 24.2 Å². The molecular weight excluding hydrogens is 450 g/mol. The lowest BCUT2D eigenvalue weighted by Crippen LogP contribution is -2.17. The summed E-state index contributed by atoms with van der Waals surface area (Å²) >= 11 is 0.866. The fraction of sp³-hybridized carbons (Fsp3) is 0.0741. The van der Waals surface area contributed by atoms with E-state index in [0.717, 1.165) is 34.0 Å². The third kappa shape index (κ3) is 5.63. The molecule has 2 amide bonds. The number of imide groups is 1. The first-order chi connectivity index (χ1) is 16.3. The van der Waals surface area contributed by atoms with Gasteiger partial charge in [-0.1, -0.05) is 53.6 Å². The van der Waals surface area contributed by atoms with Crippen LogP contribution in [-0.4, -0.2) is 22.2 Å². The van der Waals surface area contributed by atoms with E-state index < -0.39 is 11.9 Å². The van der Waals surface area contributed by atoms with Gasteiger partial charge in [-0.3, -0.25) is 14.9 Å². The van der Waals surface area contributed by atoms with Gasteiger partial charge in [0.2, 0.25) is 0 Å². The third-order valence-electron chi connectivity index (χ3n) is 5.01. The van der Waals surface area contributed by atoms with Gasteiger partial charge >= 0.3 is 5.97 Å². The van der Waals surface area contributed by atoms with E-state index in [2.05, 4.69) is 5.32 Å². The van der Waals surface area contributed by atoms with E-state index in [1.165, 1.54) is 0 Å². The summed E-state index contributed by atoms with van der Waals surface area (Å²) in [5, 5.41) is 11.6. The topological polar surface area (TPSA) is 92.7 Å². The molecule has 1 heterocycles. The summed E-state index contributed by atoms with van der Waals surface area (Å²) in [5.74, 6) is -0.267. The molecule has 170 valence electrons. The summed E-state index contributed by atoms with van der Waals surface area (Å²) in [6.07, 6.45) is 3.31. The van der Waals surface area contributed by atoms with E-state index in [4.69, 9.17) is 4.74 Å². The summed E-state index contributed by atoms with van der Waals surface area (Å²) in [4.78, 5) is 35.2. The number of amides is 2. The second kappa shape index (κ2) is 9.80. The van der Waals surface area contributed by atoms with Crippen molar-refractivity contribution in [3.63, 3.8) is 0 Å². The number of hydrogen-bond acceptors (Lipinski definition) is 5. The Balaban J connectivity index is 1.49. The Bertz CT molecular complexity index is 1320. The monoisotopic (exact) mass is 471 g/mol. The molecule has 1 saturated heterocycles. The van der Waals surface area contributed by atoms with Crippen molar-refractivity contribution in [1.82, 2.24) is 5.32 Å². The lowest BCUT2D eigenvalue weighted by atomic mass is 10.0. The number of hydrogen-bond donors (Lipinski definition) is 2. The third-order valence-corrected chi connectivity index (χ3v) is 5.82. The molecule has 0 radical (unpaired) electrons. The lowest BCUT2D eigenvalue weighted by Gasteiger charge is -2.09. The first-order valence-electron chi connectivity index (χ1n) is 10.4. The maximum Gasteiger partial charge on any atom is 0.336 e. The Morgan fingerprint density at radius 3 is 2.00 bits per heavy atom. The van der Waals surface area contributed by atoms with Gasteiger partial charge in [0, 0.05) is 0 Å². The van der Waals surface area contributed by atoms with Crippen molar-refractivity contribution in [1.29, 1.82) is 0 Å². The number of carbonyl (C=O) groups is 3. The number of aryl methyl sites for hydroxylation is 2. The van der Waals surface area contributed by atoms with Crippen LogP contribution >= 0.6 is 11.8 Å². The minimum absolute atomic E-state index is 0.196. The molecule has 0 unspecified atom stereocenters. The molecule has 7 heteroatoms. The predicted octanol–water partition coefficient (Wildman–Crippen LogP) is 6.04. The maximum absolute atomic E-state index is 11.9. The van der Waals surface area contributed by atoms with Gasteiger partial charge in [0.1, 0.15) is 11.5 Å². The zero-order chi connectivity index (χ0) is 24.2. The van der Waals surface area contributed by atoms with Crippen LogP contribution in [0.3, 0.4) is 0 Å². The molecule has 1 aliphatic rings. The van der Waals surface area contributed by atoms with Crippen LogP contribution < -0.4 is 10.1 Å². The molecule has 1 fully saturated rings. The molecule has 0 bridgehead atoms. The molecule has 6 nitrogen and oxygen atoms in total. The fourth-order valence-corrected chi connectivity index (χ4v) is 4.25. The van der Waals surface area contributed by atoms with Crippen LogP contribution in [-0.2, 0) is 9.59 Å². The average Bonchev–Trinajstić information content (AvgIpc) is 3.10. The number of nitrogens with one attached hydrogen (secondary N) is 1. The van der Waals surface area contributed by atoms with Crippen molar-refractivity contribution in [3.8, 4) is 11.5 Å². The van der Waals surface area contributed by atoms with Gasteiger partial charge in [0.25, 0.3) is 11.1 Å². The van der Waals surface area contributed by atoms with Crippen molar-refractivity contribution in [2.24, 2.45) is 0 Å². The number of carboxylic acids is 1. The molecule has 4 rings (SSSR count). The van der Waals surface area contributed by atoms with E-state index in [0.29, 0.717) is 22.0 Å². The molecule has 2 N–H and O–H groups in total. The molecule has 1 aliphatic heterocycles. The Hall–Kier alpha value is -4.10. The summed E-state index contributed by atoms with van der Waals surface area (Å²) in [7, 11) is 0. The van der Waals surface area contributed by atoms with Gasteiger partial charge in [0.15, 0.2) is 0 Å². The summed E-state index contributed by atoms with van der Waals surface area (Å²) in [6.45, 7) is 3.96. The van der Waals surface area contributed by atoms with Crippen LogP contribution in [0.2, 0.25) is 0 Å². The van der Waals surface area contributed by atoms with Crippen LogP contribution in [0.15, 0.2) is 71.6 Å². The predicted molar refractivity (Wildman–Crippen MR) is 133 cm³/mol. The lowest BCUT2D eigenvalue weighted by molar-refractivity contribution is -0.130. The zero-order valence-corrected chi connectivity index (χ0v) is 19.3. The largest absolute Gasteiger partial charge is 0.478 e. The van der Waals surface area contributed by atoms with Gasteiger partial charge < -0.3 is 9.84 Å². The maximum atomic E-state index is 11.9. The van der Waals surface area contributed by atoms with Crippen molar-refractivity contribution in [2.45, 2.75) is 13.8 Å². The Kier molecular flexibility index (Phi) is 6.65. The SMILES string of the molecule is Cc1cc(C)cc(/C=C(/C(=O)O)c2ccc(Oc3ccc(/C=C4\SC(=O)NC4=O)cc3)cc2)c1. The van der Waals surface area contributed by atoms with Gasteiger partial charge in [-0.15, -0.1) is 0 Å². The molecular formula is C27H21NO5S. The van der Waals surface area contributed by atoms with Gasteiger partial charge in [0.05, 0.1) is 10.5 Å². The number of aliphatic carboxylic acids is 1. The van der Waals surface area contributed by atoms with Gasteiger partial charge in [-0.05, 0) is 78.7 Å². The van der Waals surface area contributed by atoms with Crippen molar-refractivity contribution in [2.75, 3.05) is 0 Å². The second-order valence-electron chi connectivity index (χ2n) is 7.83. The highest BCUT2D eigenvalue weighted by Crippen LogP contribution is 2.28. The van der Waals surface area contributed by atoms with E-state index in [1.807, 2.05) is 32.0 Å². The standard InChI is InChI=1S/C27H21NO5S/c1-16-11-17(2)13-19(12-16)14-23(26(30)31)20-5-9-22(10-6-20)33-21-7-3-18(4-8-21)15-24-25(29)28-27(32)34-24/h3-15H,1-2H3,(H,30,31)(H,28,29,32)/b23-14+,24-15-. The van der Waals surface area contributed by atoms with Crippen LogP contribution in [0.5, 0.6) is 11.5 Å². The number of carbonyl (C=O) groups excluding carboxylic acids is 2. The Morgan fingerprint density at radius 1 is 0.882 bits per heavy atom. The summed E-state index contributed by atoms with van der Waals surface area (Å²) < 4.78 is 5.86. The first-order valence-corrected chi connectivity index (χ1v) is 11.2. The molecule has 0 saturated carbocycles. The Labute approximate surface area is 201 Å². The normalized spacial score (nSPS) is 14.9. The molecule has 3 aromatic rings. The van der Waals surface area contributed by atoms with Crippen LogP contribution in [0.25, 0.3) is 17.7 Å². The highest BCUT2D eigenvalue weighted by molar-refractivity contribution is 8.18. The van der Waals surface area contributed by atoms with Crippen LogP contribution in [0.4, 0.5) is 4.79 Å². The Morgan fingerprint density at radius 2 is 1.47 bits per heavy atom. The number of carboxylic acid groups (broad SMARTS) is 1. The van der Waals surface area contributed by atoms with Crippen molar-refractivity contribution in [3.05, 3.63) is 99.5 Å². The molecule has 0 aromatic heterocycles. The highest BCUT2D eigenvalue weighted by Gasteiger charge is 2.24. The zero-order valence-electron chi connectivity index (χ0n) is 18.5. The minimum Gasteiger partial charge on any atom is -0.478 e. The van der Waals surface area contributed by atoms with E-state index in [1.54, 1.807) is 60.7 Å². The van der Waals surface area contributed by atoms with E-state index in [-0.39, 0.29) is 10.8 Å². The number of rotatable bonds is 6. The molecule has 3 aromatic carbocycles. The quantitative estimate of drug-likeness (QED) is 0.336.